The van der Waals surface area contributed by atoms with Gasteiger partial charge >= 0.3 is 0 Å². The fourth-order valence-electron chi connectivity index (χ4n) is 3.73. The van der Waals surface area contributed by atoms with E-state index in [9.17, 15) is 9.59 Å². The van der Waals surface area contributed by atoms with Crippen molar-refractivity contribution in [3.63, 3.8) is 0 Å². The molecule has 1 atom stereocenters. The van der Waals surface area contributed by atoms with Crippen LogP contribution in [0.5, 0.6) is 5.75 Å². The van der Waals surface area contributed by atoms with Crippen LogP contribution < -0.4 is 15.6 Å². The van der Waals surface area contributed by atoms with Gasteiger partial charge in [-0.25, -0.2) is 9.07 Å². The molecule has 0 bridgehead atoms. The summed E-state index contributed by atoms with van der Waals surface area (Å²) in [7, 11) is 1.35. The lowest BCUT2D eigenvalue weighted by atomic mass is 10.0. The third kappa shape index (κ3) is 4.86. The van der Waals surface area contributed by atoms with Crippen LogP contribution in [0, 0.1) is 0 Å². The van der Waals surface area contributed by atoms with Crippen molar-refractivity contribution in [1.82, 2.24) is 29.5 Å². The summed E-state index contributed by atoms with van der Waals surface area (Å²) in [6.45, 7) is 0. The number of alkyl halides is 1. The Kier molecular flexibility index (Phi) is 6.55. The maximum absolute atomic E-state index is 15.3. The summed E-state index contributed by atoms with van der Waals surface area (Å²) in [5.41, 5.74) is 1.89. The second-order valence-corrected chi connectivity index (χ2v) is 8.56. The van der Waals surface area contributed by atoms with E-state index in [2.05, 4.69) is 25.6 Å². The van der Waals surface area contributed by atoms with Crippen LogP contribution in [-0.2, 0) is 4.79 Å². The van der Waals surface area contributed by atoms with Crippen LogP contribution in [0.25, 0.3) is 27.8 Å². The first kappa shape index (κ1) is 24.3. The predicted octanol–water partition coefficient (Wildman–Crippen LogP) is 4.46. The second-order valence-electron chi connectivity index (χ2n) is 7.73. The number of nitrogens with one attached hydrogen (secondary N) is 1. The number of methoxy groups -OCH3 is 1. The highest BCUT2D eigenvalue weighted by Crippen LogP contribution is 2.35. The molecular formula is C24H16Cl2FN7O3. The zero-order chi connectivity index (χ0) is 26.1. The Hall–Kier alpha value is -4.35. The lowest BCUT2D eigenvalue weighted by molar-refractivity contribution is -0.123. The highest BCUT2D eigenvalue weighted by atomic mass is 35.5. The van der Waals surface area contributed by atoms with Gasteiger partial charge in [0.2, 0.25) is 0 Å². The zero-order valence-corrected chi connectivity index (χ0v) is 20.5. The van der Waals surface area contributed by atoms with Gasteiger partial charge in [0.1, 0.15) is 5.75 Å². The summed E-state index contributed by atoms with van der Waals surface area (Å²) in [4.78, 5) is 33.9. The Morgan fingerprint density at radius 3 is 2.54 bits per heavy atom. The molecule has 0 aliphatic heterocycles. The van der Waals surface area contributed by atoms with E-state index >= 15 is 4.39 Å². The van der Waals surface area contributed by atoms with Crippen LogP contribution in [0.15, 0.2) is 72.0 Å². The molecule has 1 amide bonds. The monoisotopic (exact) mass is 539 g/mol. The summed E-state index contributed by atoms with van der Waals surface area (Å²) in [5, 5.41) is 10.7. The molecule has 3 heterocycles. The zero-order valence-electron chi connectivity index (χ0n) is 19.0. The number of fused-ring (bicyclic) bond motifs is 1. The van der Waals surface area contributed by atoms with Crippen LogP contribution in [-0.4, -0.2) is 42.5 Å². The molecule has 13 heteroatoms. The van der Waals surface area contributed by atoms with Crippen molar-refractivity contribution in [3.8, 4) is 22.6 Å². The van der Waals surface area contributed by atoms with Gasteiger partial charge in [-0.2, -0.15) is 0 Å². The highest BCUT2D eigenvalue weighted by Gasteiger charge is 2.24. The van der Waals surface area contributed by atoms with Crippen LogP contribution in [0.2, 0.25) is 10.2 Å². The molecule has 1 N–H and O–H groups in total. The number of hydrogen-bond acceptors (Lipinski definition) is 7. The molecule has 0 saturated heterocycles. The number of aromatic nitrogens is 6. The Labute approximate surface area is 218 Å². The van der Waals surface area contributed by atoms with Gasteiger partial charge in [0.05, 0.1) is 36.2 Å². The van der Waals surface area contributed by atoms with Crippen molar-refractivity contribution in [2.45, 2.75) is 6.30 Å². The molecule has 0 radical (unpaired) electrons. The lowest BCUT2D eigenvalue weighted by Gasteiger charge is -2.17. The second kappa shape index (κ2) is 9.96. The number of amides is 1. The van der Waals surface area contributed by atoms with Gasteiger partial charge in [-0.15, -0.1) is 5.10 Å². The van der Waals surface area contributed by atoms with Crippen molar-refractivity contribution in [2.75, 3.05) is 12.4 Å². The maximum atomic E-state index is 15.3. The van der Waals surface area contributed by atoms with E-state index in [0.29, 0.717) is 43.1 Å². The third-order valence-electron chi connectivity index (χ3n) is 5.42. The van der Waals surface area contributed by atoms with Gasteiger partial charge in [0, 0.05) is 40.3 Å². The van der Waals surface area contributed by atoms with Crippen molar-refractivity contribution in [2.24, 2.45) is 0 Å². The van der Waals surface area contributed by atoms with E-state index in [4.69, 9.17) is 27.9 Å². The normalized spacial score (nSPS) is 11.9. The van der Waals surface area contributed by atoms with Crippen LogP contribution in [0.3, 0.4) is 0 Å². The van der Waals surface area contributed by atoms with Gasteiger partial charge in [-0.1, -0.05) is 28.4 Å². The molecule has 0 spiro atoms. The summed E-state index contributed by atoms with van der Waals surface area (Å²) in [6.07, 6.45) is 3.28. The highest BCUT2D eigenvalue weighted by molar-refractivity contribution is 6.31. The number of pyridine rings is 1. The minimum absolute atomic E-state index is 0.116. The molecule has 0 aliphatic carbocycles. The van der Waals surface area contributed by atoms with Crippen LogP contribution in [0.4, 0.5) is 10.1 Å². The Bertz CT molecular complexity index is 1710. The van der Waals surface area contributed by atoms with Crippen LogP contribution >= 0.6 is 23.2 Å². The van der Waals surface area contributed by atoms with Crippen molar-refractivity contribution < 1.29 is 13.9 Å². The number of carbonyl (C=O) groups is 1. The number of ether oxygens (including phenoxy) is 1. The van der Waals surface area contributed by atoms with E-state index in [0.717, 1.165) is 12.3 Å². The minimum atomic E-state index is -2.35. The Morgan fingerprint density at radius 1 is 1.03 bits per heavy atom. The quantitative estimate of drug-likeness (QED) is 0.338. The third-order valence-corrected chi connectivity index (χ3v) is 5.83. The molecule has 0 fully saturated rings. The van der Waals surface area contributed by atoms with E-state index in [-0.39, 0.29) is 10.9 Å². The number of anilines is 1. The van der Waals surface area contributed by atoms with E-state index < -0.39 is 17.8 Å². The Balaban J connectivity index is 1.50. The molecule has 10 nitrogen and oxygen atoms in total. The van der Waals surface area contributed by atoms with Gasteiger partial charge in [-0.05, 0) is 36.4 Å². The molecule has 5 aromatic rings. The van der Waals surface area contributed by atoms with E-state index in [1.54, 1.807) is 36.4 Å². The molecule has 2 aromatic carbocycles. The number of hydrogen-bond donors (Lipinski definition) is 1. The van der Waals surface area contributed by atoms with E-state index in [1.165, 1.54) is 30.4 Å². The van der Waals surface area contributed by atoms with E-state index in [1.807, 2.05) is 0 Å². The van der Waals surface area contributed by atoms with Gasteiger partial charge in [-0.3, -0.25) is 24.1 Å². The first-order valence-electron chi connectivity index (χ1n) is 10.7. The summed E-state index contributed by atoms with van der Waals surface area (Å²) < 4.78 is 22.7. The first-order chi connectivity index (χ1) is 17.8. The average Bonchev–Trinajstić information content (AvgIpc) is 3.33. The molecule has 0 saturated carbocycles. The number of benzene rings is 2. The van der Waals surface area contributed by atoms with Gasteiger partial charge in [0.25, 0.3) is 17.8 Å². The van der Waals surface area contributed by atoms with Crippen molar-refractivity contribution in [3.05, 3.63) is 87.8 Å². The molecule has 186 valence electrons. The van der Waals surface area contributed by atoms with Gasteiger partial charge in [0.15, 0.2) is 5.15 Å². The summed E-state index contributed by atoms with van der Waals surface area (Å²) >= 11 is 12.1. The minimum Gasteiger partial charge on any atom is -0.495 e. The number of rotatable bonds is 6. The fourth-order valence-corrected chi connectivity index (χ4v) is 4.03. The topological polar surface area (TPSA) is 117 Å². The average molecular weight is 540 g/mol. The number of halogens is 3. The van der Waals surface area contributed by atoms with Crippen molar-refractivity contribution >= 4 is 45.8 Å². The van der Waals surface area contributed by atoms with Gasteiger partial charge < -0.3 is 10.1 Å². The fraction of sp³-hybridized carbons (Fsp3) is 0.0833. The molecule has 3 aromatic heterocycles. The standard InChI is InChI=1S/C24H16Cl2FN7O3/c1-37-20-11-33(23(27)24(36)30-14-3-4-17-18(9-14)29-7-6-28-17)22(35)10-16(20)15-8-13(25)2-5-19(15)34-12-21(26)31-32-34/h2-12,23H,1H3,(H,30,36). The predicted molar refractivity (Wildman–Crippen MR) is 136 cm³/mol. The smallest absolute Gasteiger partial charge is 0.280 e. The van der Waals surface area contributed by atoms with Crippen molar-refractivity contribution in [1.29, 1.82) is 0 Å². The number of nitrogens with zero attached hydrogens (tertiary/aromatic N) is 6. The SMILES string of the molecule is COc1cn(C(F)C(=O)Nc2ccc3nccnc3c2)c(=O)cc1-c1cc(Cl)ccc1-n1cc(Cl)nn1. The number of carbonyl (C=O) groups excluding carboxylic acids is 1. The first-order valence-corrected chi connectivity index (χ1v) is 11.4. The van der Waals surface area contributed by atoms with Crippen LogP contribution in [0.1, 0.15) is 6.30 Å². The maximum Gasteiger partial charge on any atom is 0.280 e. The molecule has 1 unspecified atom stereocenters. The summed E-state index contributed by atoms with van der Waals surface area (Å²) in [5.74, 6) is -0.938. The molecule has 0 aliphatic rings. The Morgan fingerprint density at radius 2 is 1.81 bits per heavy atom. The molecule has 5 rings (SSSR count). The lowest BCUT2D eigenvalue weighted by Crippen LogP contribution is -2.30. The summed E-state index contributed by atoms with van der Waals surface area (Å²) in [6, 6.07) is 10.8. The largest absolute Gasteiger partial charge is 0.495 e. The molecule has 37 heavy (non-hydrogen) atoms. The molecular weight excluding hydrogens is 524 g/mol.